The third-order valence-electron chi connectivity index (χ3n) is 4.08. The second-order valence-electron chi connectivity index (χ2n) is 5.77. The lowest BCUT2D eigenvalue weighted by molar-refractivity contribution is -0.125. The predicted octanol–water partition coefficient (Wildman–Crippen LogP) is 1.08. The maximum Gasteiger partial charge on any atom is 0.324 e. The molecule has 132 valence electrons. The topological polar surface area (TPSA) is 81.8 Å². The van der Waals surface area contributed by atoms with Crippen molar-refractivity contribution in [3.63, 3.8) is 0 Å². The van der Waals surface area contributed by atoms with E-state index in [0.29, 0.717) is 17.2 Å². The molecule has 0 bridgehead atoms. The van der Waals surface area contributed by atoms with Gasteiger partial charge in [-0.15, -0.1) is 0 Å². The van der Waals surface area contributed by atoms with E-state index in [1.54, 1.807) is 30.0 Å². The molecular weight excluding hydrogens is 360 g/mol. The summed E-state index contributed by atoms with van der Waals surface area (Å²) in [4.78, 5) is 38.7. The van der Waals surface area contributed by atoms with Gasteiger partial charge in [0, 0.05) is 0 Å². The van der Waals surface area contributed by atoms with Gasteiger partial charge in [-0.25, -0.2) is 4.79 Å². The Labute approximate surface area is 155 Å². The number of nitrogens with zero attached hydrogens (tertiary/aromatic N) is 2. The minimum Gasteiger partial charge on any atom is -0.350 e. The van der Waals surface area contributed by atoms with Crippen LogP contribution in [0.25, 0.3) is 0 Å². The monoisotopic (exact) mass is 378 g/mol. The van der Waals surface area contributed by atoms with Crippen LogP contribution in [0, 0.1) is 0 Å². The van der Waals surface area contributed by atoms with Gasteiger partial charge in [-0.05, 0) is 48.3 Å². The van der Waals surface area contributed by atoms with E-state index >= 15 is 0 Å². The summed E-state index contributed by atoms with van der Waals surface area (Å²) in [6.07, 6.45) is 2.70. The van der Waals surface area contributed by atoms with Crippen LogP contribution in [-0.4, -0.2) is 52.5 Å². The highest BCUT2D eigenvalue weighted by Gasteiger charge is 2.36. The molecule has 9 heteroatoms. The van der Waals surface area contributed by atoms with E-state index in [2.05, 4.69) is 10.6 Å². The fourth-order valence-electron chi connectivity index (χ4n) is 2.80. The molecule has 3 rings (SSSR count). The third kappa shape index (κ3) is 3.62. The zero-order valence-corrected chi connectivity index (χ0v) is 15.3. The van der Waals surface area contributed by atoms with Gasteiger partial charge in [-0.2, -0.15) is 11.8 Å². The normalized spacial score (nSPS) is 20.3. The molecule has 0 saturated carbocycles. The van der Waals surface area contributed by atoms with E-state index in [9.17, 15) is 14.4 Å². The van der Waals surface area contributed by atoms with Crippen LogP contribution in [0.1, 0.15) is 12.0 Å². The molecular formula is C16H18N4O3S2. The molecule has 2 aliphatic rings. The third-order valence-corrected chi connectivity index (χ3v) is 5.02. The summed E-state index contributed by atoms with van der Waals surface area (Å²) in [6, 6.07) is 6.45. The number of thiocarbonyl (C=S) groups is 1. The van der Waals surface area contributed by atoms with E-state index < -0.39 is 6.03 Å². The van der Waals surface area contributed by atoms with Gasteiger partial charge in [0.05, 0.1) is 18.8 Å². The lowest BCUT2D eigenvalue weighted by atomic mass is 10.1. The zero-order chi connectivity index (χ0) is 18.0. The maximum atomic E-state index is 12.6. The van der Waals surface area contributed by atoms with Crippen molar-refractivity contribution in [2.75, 3.05) is 23.5 Å². The molecule has 1 atom stereocenters. The van der Waals surface area contributed by atoms with Crippen LogP contribution in [0.15, 0.2) is 24.3 Å². The predicted molar refractivity (Wildman–Crippen MR) is 100 cm³/mol. The number of imide groups is 1. The van der Waals surface area contributed by atoms with Gasteiger partial charge in [0.15, 0.2) is 5.11 Å². The standard InChI is InChI=1S/C16H18N4O3S2/c1-25-6-5-12-14(22)20(16(24)18-12)11-4-2-3-10(7-11)9-19-13(21)8-17-15(19)23/h2-4,7,12H,5-6,8-9H2,1H3,(H,17,23)(H,18,24)/t12-/m0/s1. The molecule has 1 aromatic carbocycles. The molecule has 0 radical (unpaired) electrons. The van der Waals surface area contributed by atoms with Gasteiger partial charge in [-0.1, -0.05) is 12.1 Å². The highest BCUT2D eigenvalue weighted by molar-refractivity contribution is 7.98. The molecule has 2 fully saturated rings. The van der Waals surface area contributed by atoms with Crippen LogP contribution in [0.5, 0.6) is 0 Å². The number of nitrogens with one attached hydrogen (secondary N) is 2. The van der Waals surface area contributed by atoms with Crippen molar-refractivity contribution in [1.29, 1.82) is 0 Å². The zero-order valence-electron chi connectivity index (χ0n) is 13.7. The van der Waals surface area contributed by atoms with Crippen molar-refractivity contribution in [2.24, 2.45) is 0 Å². The molecule has 0 spiro atoms. The molecule has 0 unspecified atom stereocenters. The van der Waals surface area contributed by atoms with Crippen LogP contribution >= 0.6 is 24.0 Å². The summed E-state index contributed by atoms with van der Waals surface area (Å²) >= 11 is 6.99. The quantitative estimate of drug-likeness (QED) is 0.570. The number of urea groups is 1. The lowest BCUT2D eigenvalue weighted by Gasteiger charge is -2.17. The Morgan fingerprint density at radius 3 is 2.80 bits per heavy atom. The smallest absolute Gasteiger partial charge is 0.324 e. The molecule has 1 aromatic rings. The molecule has 7 nitrogen and oxygen atoms in total. The Hall–Kier alpha value is -2.13. The van der Waals surface area contributed by atoms with Crippen molar-refractivity contribution >= 4 is 52.6 Å². The molecule has 2 heterocycles. The summed E-state index contributed by atoms with van der Waals surface area (Å²) in [5, 5.41) is 5.93. The Kier molecular flexibility index (Phi) is 5.24. The van der Waals surface area contributed by atoms with E-state index in [-0.39, 0.29) is 30.9 Å². The van der Waals surface area contributed by atoms with E-state index in [4.69, 9.17) is 12.2 Å². The minimum absolute atomic E-state index is 0.0221. The van der Waals surface area contributed by atoms with Crippen LogP contribution in [0.2, 0.25) is 0 Å². The largest absolute Gasteiger partial charge is 0.350 e. The SMILES string of the molecule is CSCC[C@@H]1NC(=S)N(c2cccc(CN3C(=O)CNC3=O)c2)C1=O. The van der Waals surface area contributed by atoms with Gasteiger partial charge in [-0.3, -0.25) is 19.4 Å². The summed E-state index contributed by atoms with van der Waals surface area (Å²) < 4.78 is 0. The summed E-state index contributed by atoms with van der Waals surface area (Å²) in [5.41, 5.74) is 1.39. The van der Waals surface area contributed by atoms with Crippen molar-refractivity contribution < 1.29 is 14.4 Å². The first-order chi connectivity index (χ1) is 12.0. The van der Waals surface area contributed by atoms with Gasteiger partial charge >= 0.3 is 6.03 Å². The number of carbonyl (C=O) groups excluding carboxylic acids is 3. The van der Waals surface area contributed by atoms with Gasteiger partial charge in [0.2, 0.25) is 5.91 Å². The highest BCUT2D eigenvalue weighted by Crippen LogP contribution is 2.23. The molecule has 25 heavy (non-hydrogen) atoms. The van der Waals surface area contributed by atoms with Gasteiger partial charge in [0.25, 0.3) is 5.91 Å². The number of hydrogen-bond acceptors (Lipinski definition) is 5. The van der Waals surface area contributed by atoms with Crippen LogP contribution in [-0.2, 0) is 16.1 Å². The Morgan fingerprint density at radius 2 is 2.12 bits per heavy atom. The molecule has 0 aromatic heterocycles. The first-order valence-electron chi connectivity index (χ1n) is 7.82. The van der Waals surface area contributed by atoms with Crippen LogP contribution in [0.3, 0.4) is 0 Å². The second kappa shape index (κ2) is 7.40. The summed E-state index contributed by atoms with van der Waals surface area (Å²) in [5.74, 6) is 0.527. The average molecular weight is 378 g/mol. The van der Waals surface area contributed by atoms with Crippen LogP contribution in [0.4, 0.5) is 10.5 Å². The molecule has 0 aliphatic carbocycles. The maximum absolute atomic E-state index is 12.6. The van der Waals surface area contributed by atoms with Gasteiger partial charge in [0.1, 0.15) is 6.04 Å². The number of rotatable bonds is 6. The van der Waals surface area contributed by atoms with Crippen LogP contribution < -0.4 is 15.5 Å². The number of amides is 4. The molecule has 2 N–H and O–H groups in total. The summed E-state index contributed by atoms with van der Waals surface area (Å²) in [7, 11) is 0. The number of carbonyl (C=O) groups is 3. The second-order valence-corrected chi connectivity index (χ2v) is 7.14. The van der Waals surface area contributed by atoms with Crippen molar-refractivity contribution in [3.8, 4) is 0 Å². The van der Waals surface area contributed by atoms with E-state index in [1.165, 1.54) is 4.90 Å². The average Bonchev–Trinajstić information content (AvgIpc) is 3.06. The fourth-order valence-corrected chi connectivity index (χ4v) is 3.61. The van der Waals surface area contributed by atoms with Gasteiger partial charge < -0.3 is 10.6 Å². The Balaban J connectivity index is 1.77. The number of benzene rings is 1. The molecule has 4 amide bonds. The Bertz CT molecular complexity index is 724. The van der Waals surface area contributed by atoms with E-state index in [0.717, 1.165) is 16.2 Å². The highest BCUT2D eigenvalue weighted by atomic mass is 32.2. The molecule has 2 saturated heterocycles. The van der Waals surface area contributed by atoms with Crippen molar-refractivity contribution in [1.82, 2.24) is 15.5 Å². The summed E-state index contributed by atoms with van der Waals surface area (Å²) in [6.45, 7) is 0.185. The fraction of sp³-hybridized carbons (Fsp3) is 0.375. The van der Waals surface area contributed by atoms with E-state index in [1.807, 2.05) is 12.3 Å². The minimum atomic E-state index is -0.401. The van der Waals surface area contributed by atoms with Crippen molar-refractivity contribution in [3.05, 3.63) is 29.8 Å². The lowest BCUT2D eigenvalue weighted by Crippen LogP contribution is -2.32. The number of hydrogen-bond donors (Lipinski definition) is 2. The first kappa shape index (κ1) is 17.7. The Morgan fingerprint density at radius 1 is 1.32 bits per heavy atom. The molecule has 2 aliphatic heterocycles. The number of anilines is 1. The first-order valence-corrected chi connectivity index (χ1v) is 9.62. The number of thioether (sulfide) groups is 1. The van der Waals surface area contributed by atoms with Crippen molar-refractivity contribution in [2.45, 2.75) is 19.0 Å².